The quantitative estimate of drug-likeness (QED) is 0.466. The van der Waals surface area contributed by atoms with Gasteiger partial charge in [0.25, 0.3) is 5.91 Å². The van der Waals surface area contributed by atoms with E-state index in [1.54, 1.807) is 6.07 Å². The monoisotopic (exact) mass is 398 g/mol. The fourth-order valence-electron chi connectivity index (χ4n) is 3.10. The first kappa shape index (κ1) is 18.0. The van der Waals surface area contributed by atoms with Crippen LogP contribution in [0, 0.1) is 5.82 Å². The maximum atomic E-state index is 13.6. The molecule has 0 radical (unpaired) electrons. The van der Waals surface area contributed by atoms with Gasteiger partial charge in [-0.3, -0.25) is 15.6 Å². The summed E-state index contributed by atoms with van der Waals surface area (Å²) in [7, 11) is -3.55. The number of phenolic OH excluding ortho intramolecular Hbond substituents is 1. The third-order valence-electron chi connectivity index (χ3n) is 4.49. The molecule has 1 heterocycles. The Morgan fingerprint density at radius 1 is 1.04 bits per heavy atom. The van der Waals surface area contributed by atoms with Gasteiger partial charge in [-0.25, -0.2) is 12.8 Å². The van der Waals surface area contributed by atoms with Gasteiger partial charge in [-0.1, -0.05) is 24.3 Å². The van der Waals surface area contributed by atoms with E-state index in [0.717, 1.165) is 22.9 Å². The summed E-state index contributed by atoms with van der Waals surface area (Å²) < 4.78 is 37.9. The third kappa shape index (κ3) is 3.18. The number of carbonyl (C=O) groups is 1. The van der Waals surface area contributed by atoms with Crippen molar-refractivity contribution in [2.75, 3.05) is 5.75 Å². The van der Waals surface area contributed by atoms with Crippen LogP contribution in [0.3, 0.4) is 0 Å². The summed E-state index contributed by atoms with van der Waals surface area (Å²) in [4.78, 5) is 12.5. The van der Waals surface area contributed by atoms with Crippen LogP contribution in [0.4, 0.5) is 4.39 Å². The summed E-state index contributed by atoms with van der Waals surface area (Å²) in [6.45, 7) is 0. The molecule has 28 heavy (non-hydrogen) atoms. The van der Waals surface area contributed by atoms with Crippen molar-refractivity contribution in [1.29, 1.82) is 0 Å². The van der Waals surface area contributed by atoms with Crippen LogP contribution >= 0.6 is 0 Å². The van der Waals surface area contributed by atoms with Gasteiger partial charge in [-0.2, -0.15) is 0 Å². The first-order valence-electron chi connectivity index (χ1n) is 8.36. The van der Waals surface area contributed by atoms with Crippen LogP contribution in [0.25, 0.3) is 16.5 Å². The molecule has 3 N–H and O–H groups in total. The second-order valence-corrected chi connectivity index (χ2v) is 8.34. The molecular formula is C20H15FN2O4S. The van der Waals surface area contributed by atoms with Crippen molar-refractivity contribution in [2.24, 2.45) is 0 Å². The van der Waals surface area contributed by atoms with Crippen molar-refractivity contribution in [3.8, 4) is 5.75 Å². The van der Waals surface area contributed by atoms with Crippen LogP contribution in [0.15, 0.2) is 65.6 Å². The summed E-state index contributed by atoms with van der Waals surface area (Å²) >= 11 is 0. The number of carbonyl (C=O) groups excluding carboxylic acids is 1. The summed E-state index contributed by atoms with van der Waals surface area (Å²) in [6, 6.07) is 13.7. The number of aromatic hydroxyl groups is 1. The van der Waals surface area contributed by atoms with E-state index in [-0.39, 0.29) is 33.2 Å². The summed E-state index contributed by atoms with van der Waals surface area (Å²) in [5, 5.41) is 11.7. The fourth-order valence-corrected chi connectivity index (χ4v) is 4.44. The zero-order valence-electron chi connectivity index (χ0n) is 14.4. The molecule has 0 aromatic heterocycles. The summed E-state index contributed by atoms with van der Waals surface area (Å²) in [5.41, 5.74) is 5.51. The van der Waals surface area contributed by atoms with Gasteiger partial charge in [-0.05, 0) is 47.2 Å². The molecular weight excluding hydrogens is 383 g/mol. The fraction of sp³-hybridized carbons (Fsp3) is 0.0500. The Morgan fingerprint density at radius 2 is 1.75 bits per heavy atom. The van der Waals surface area contributed by atoms with Crippen molar-refractivity contribution in [1.82, 2.24) is 10.9 Å². The van der Waals surface area contributed by atoms with Crippen molar-refractivity contribution in [3.05, 3.63) is 77.6 Å². The Bertz CT molecular complexity index is 1250. The van der Waals surface area contributed by atoms with Crippen LogP contribution < -0.4 is 10.9 Å². The lowest BCUT2D eigenvalue weighted by Gasteiger charge is -2.20. The molecule has 6 nitrogen and oxygen atoms in total. The van der Waals surface area contributed by atoms with E-state index in [1.807, 2.05) is 24.3 Å². The molecule has 3 aromatic rings. The molecule has 8 heteroatoms. The van der Waals surface area contributed by atoms with Crippen LogP contribution in [-0.2, 0) is 9.84 Å². The van der Waals surface area contributed by atoms with Crippen molar-refractivity contribution >= 4 is 32.2 Å². The van der Waals surface area contributed by atoms with Crippen molar-refractivity contribution in [2.45, 2.75) is 4.90 Å². The van der Waals surface area contributed by atoms with Crippen LogP contribution in [0.2, 0.25) is 0 Å². The first-order valence-corrected chi connectivity index (χ1v) is 10.0. The van der Waals surface area contributed by atoms with Crippen molar-refractivity contribution in [3.63, 3.8) is 0 Å². The molecule has 1 aliphatic rings. The average molecular weight is 398 g/mol. The minimum Gasteiger partial charge on any atom is -0.507 e. The number of hydrazine groups is 1. The highest BCUT2D eigenvalue weighted by molar-refractivity contribution is 7.91. The second kappa shape index (κ2) is 6.65. The first-order chi connectivity index (χ1) is 13.3. The molecule has 0 saturated carbocycles. The van der Waals surface area contributed by atoms with E-state index in [2.05, 4.69) is 10.9 Å². The Morgan fingerprint density at radius 3 is 2.50 bits per heavy atom. The molecule has 0 atom stereocenters. The Labute approximate surface area is 160 Å². The number of rotatable bonds is 3. The number of fused-ring (bicyclic) bond motifs is 2. The number of halogens is 1. The number of benzene rings is 3. The molecule has 1 amide bonds. The number of hydrogen-bond acceptors (Lipinski definition) is 5. The lowest BCUT2D eigenvalue weighted by atomic mass is 10.1. The highest BCUT2D eigenvalue weighted by Gasteiger charge is 2.25. The molecule has 4 rings (SSSR count). The van der Waals surface area contributed by atoms with E-state index in [0.29, 0.717) is 0 Å². The predicted molar refractivity (Wildman–Crippen MR) is 103 cm³/mol. The summed E-state index contributed by atoms with van der Waals surface area (Å²) in [5.74, 6) is -1.67. The van der Waals surface area contributed by atoms with Crippen LogP contribution in [0.1, 0.15) is 15.9 Å². The van der Waals surface area contributed by atoms with Gasteiger partial charge in [0.05, 0.1) is 21.9 Å². The Balaban J connectivity index is 1.60. The standard InChI is InChI=1S/C20H15FN2O4S/c21-14-5-6-19-15(11-14)17(7-8-28(19,26)27)22-23-20(25)16-9-12-3-1-2-4-13(12)10-18(16)24/h1-7,9-11,22,24H,8H2,(H,23,25). The lowest BCUT2D eigenvalue weighted by molar-refractivity contribution is 0.0940. The maximum Gasteiger partial charge on any atom is 0.273 e. The topological polar surface area (TPSA) is 95.5 Å². The summed E-state index contributed by atoms with van der Waals surface area (Å²) in [6.07, 6.45) is 1.36. The molecule has 0 aliphatic carbocycles. The zero-order chi connectivity index (χ0) is 19.9. The zero-order valence-corrected chi connectivity index (χ0v) is 15.3. The molecule has 0 fully saturated rings. The van der Waals surface area contributed by atoms with E-state index in [1.165, 1.54) is 18.2 Å². The van der Waals surface area contributed by atoms with Crippen LogP contribution in [0.5, 0.6) is 5.75 Å². The van der Waals surface area contributed by atoms with Crippen LogP contribution in [-0.4, -0.2) is 25.2 Å². The molecule has 0 bridgehead atoms. The van der Waals surface area contributed by atoms with Gasteiger partial charge in [0.15, 0.2) is 9.84 Å². The van der Waals surface area contributed by atoms with Gasteiger partial charge in [0.2, 0.25) is 0 Å². The lowest BCUT2D eigenvalue weighted by Crippen LogP contribution is -2.37. The maximum absolute atomic E-state index is 13.6. The van der Waals surface area contributed by atoms with Gasteiger partial charge in [0.1, 0.15) is 11.6 Å². The normalized spacial score (nSPS) is 14.8. The van der Waals surface area contributed by atoms with Gasteiger partial charge in [-0.15, -0.1) is 0 Å². The minimum atomic E-state index is -3.55. The minimum absolute atomic E-state index is 0.0123. The Kier molecular flexibility index (Phi) is 4.27. The van der Waals surface area contributed by atoms with E-state index in [9.17, 15) is 22.7 Å². The van der Waals surface area contributed by atoms with E-state index in [4.69, 9.17) is 0 Å². The molecule has 0 saturated heterocycles. The van der Waals surface area contributed by atoms with E-state index < -0.39 is 21.6 Å². The van der Waals surface area contributed by atoms with E-state index >= 15 is 0 Å². The predicted octanol–water partition coefficient (Wildman–Crippen LogP) is 2.75. The molecule has 1 aliphatic heterocycles. The number of amides is 1. The highest BCUT2D eigenvalue weighted by Crippen LogP contribution is 2.29. The number of nitrogens with one attached hydrogen (secondary N) is 2. The molecule has 0 spiro atoms. The smallest absolute Gasteiger partial charge is 0.273 e. The molecule has 0 unspecified atom stereocenters. The number of phenols is 1. The largest absolute Gasteiger partial charge is 0.507 e. The van der Waals surface area contributed by atoms with Crippen molar-refractivity contribution < 1.29 is 22.7 Å². The van der Waals surface area contributed by atoms with Gasteiger partial charge in [0, 0.05) is 5.56 Å². The van der Waals surface area contributed by atoms with Gasteiger partial charge < -0.3 is 5.11 Å². The third-order valence-corrected chi connectivity index (χ3v) is 6.12. The number of hydrogen-bond donors (Lipinski definition) is 3. The average Bonchev–Trinajstić information content (AvgIpc) is 2.66. The SMILES string of the molecule is O=C(NNC1=CCS(=O)(=O)c2ccc(F)cc21)c1cc2ccccc2cc1O. The Hall–Kier alpha value is -3.39. The number of sulfone groups is 1. The molecule has 3 aromatic carbocycles. The highest BCUT2D eigenvalue weighted by atomic mass is 32.2. The molecule has 142 valence electrons. The second-order valence-electron chi connectivity index (χ2n) is 6.34. The van der Waals surface area contributed by atoms with Gasteiger partial charge >= 0.3 is 0 Å².